The largest absolute Gasteiger partial charge is 0.310 e. The first-order valence-corrected chi connectivity index (χ1v) is 22.2. The van der Waals surface area contributed by atoms with Crippen molar-refractivity contribution >= 4 is 38.6 Å². The van der Waals surface area contributed by atoms with E-state index in [9.17, 15) is 0 Å². The van der Waals surface area contributed by atoms with Gasteiger partial charge in [-0.1, -0.05) is 212 Å². The van der Waals surface area contributed by atoms with Gasteiger partial charge in [0.2, 0.25) is 0 Å². The van der Waals surface area contributed by atoms with Crippen LogP contribution in [-0.2, 0) is 5.41 Å². The van der Waals surface area contributed by atoms with Crippen LogP contribution in [0.4, 0.5) is 17.1 Å². The fourth-order valence-corrected chi connectivity index (χ4v) is 10.3. The van der Waals surface area contributed by atoms with Crippen molar-refractivity contribution in [2.45, 2.75) is 5.41 Å². The molecule has 0 bridgehead atoms. The monoisotopic (exact) mass is 813 g/mol. The fourth-order valence-electron chi connectivity index (χ4n) is 10.3. The van der Waals surface area contributed by atoms with Crippen molar-refractivity contribution in [3.63, 3.8) is 0 Å². The van der Waals surface area contributed by atoms with Gasteiger partial charge in [0.05, 0.1) is 5.41 Å². The first-order valence-electron chi connectivity index (χ1n) is 22.2. The molecule has 0 atom stereocenters. The molecule has 1 aliphatic carbocycles. The van der Waals surface area contributed by atoms with Crippen molar-refractivity contribution in [1.29, 1.82) is 0 Å². The van der Waals surface area contributed by atoms with Gasteiger partial charge in [-0.25, -0.2) is 0 Å². The molecule has 64 heavy (non-hydrogen) atoms. The van der Waals surface area contributed by atoms with Crippen LogP contribution < -0.4 is 4.90 Å². The van der Waals surface area contributed by atoms with Crippen LogP contribution in [0.15, 0.2) is 261 Å². The van der Waals surface area contributed by atoms with E-state index in [2.05, 4.69) is 266 Å². The second kappa shape index (κ2) is 15.6. The summed E-state index contributed by atoms with van der Waals surface area (Å²) in [5.74, 6) is 0. The van der Waals surface area contributed by atoms with Crippen molar-refractivity contribution < 1.29 is 0 Å². The lowest BCUT2D eigenvalue weighted by Gasteiger charge is -2.35. The highest BCUT2D eigenvalue weighted by molar-refractivity contribution is 6.09. The van der Waals surface area contributed by atoms with Crippen LogP contribution in [0.5, 0.6) is 0 Å². The highest BCUT2D eigenvalue weighted by Crippen LogP contribution is 2.57. The van der Waals surface area contributed by atoms with Gasteiger partial charge in [-0.05, 0) is 137 Å². The fraction of sp³-hybridized carbons (Fsp3) is 0.0159. The van der Waals surface area contributed by atoms with Gasteiger partial charge in [0, 0.05) is 17.1 Å². The summed E-state index contributed by atoms with van der Waals surface area (Å²) >= 11 is 0. The number of hydrogen-bond acceptors (Lipinski definition) is 1. The van der Waals surface area contributed by atoms with Crippen molar-refractivity contribution in [2.75, 3.05) is 4.90 Å². The van der Waals surface area contributed by atoms with E-state index in [0.717, 1.165) is 17.1 Å². The maximum Gasteiger partial charge on any atom is 0.0714 e. The first-order chi connectivity index (χ1) is 31.7. The van der Waals surface area contributed by atoms with Crippen LogP contribution in [0.2, 0.25) is 0 Å². The van der Waals surface area contributed by atoms with E-state index >= 15 is 0 Å². The zero-order chi connectivity index (χ0) is 42.5. The van der Waals surface area contributed by atoms with Gasteiger partial charge >= 0.3 is 0 Å². The molecule has 0 unspecified atom stereocenters. The zero-order valence-corrected chi connectivity index (χ0v) is 35.3. The average molecular weight is 814 g/mol. The predicted molar refractivity (Wildman–Crippen MR) is 270 cm³/mol. The molecule has 0 aromatic heterocycles. The van der Waals surface area contributed by atoms with Crippen LogP contribution in [0.25, 0.3) is 66.1 Å². The van der Waals surface area contributed by atoms with Gasteiger partial charge in [0.15, 0.2) is 0 Å². The molecule has 11 aromatic carbocycles. The summed E-state index contributed by atoms with van der Waals surface area (Å²) in [5, 5.41) is 5.03. The van der Waals surface area contributed by atoms with Crippen LogP contribution in [0, 0.1) is 0 Å². The summed E-state index contributed by atoms with van der Waals surface area (Å²) in [6, 6.07) is 95.8. The third kappa shape index (κ3) is 6.24. The molecule has 1 nitrogen and oxygen atoms in total. The molecular weight excluding hydrogens is 771 g/mol. The Balaban J connectivity index is 0.975. The summed E-state index contributed by atoms with van der Waals surface area (Å²) in [6.45, 7) is 0. The van der Waals surface area contributed by atoms with E-state index in [4.69, 9.17) is 0 Å². The average Bonchev–Trinajstić information content (AvgIpc) is 3.68. The second-order valence-electron chi connectivity index (χ2n) is 16.9. The number of hydrogen-bond donors (Lipinski definition) is 0. The highest BCUT2D eigenvalue weighted by Gasteiger charge is 2.46. The third-order valence-electron chi connectivity index (χ3n) is 13.3. The van der Waals surface area contributed by atoms with Crippen LogP contribution in [0.3, 0.4) is 0 Å². The van der Waals surface area contributed by atoms with Crippen LogP contribution in [-0.4, -0.2) is 0 Å². The minimum Gasteiger partial charge on any atom is -0.310 e. The first kappa shape index (κ1) is 37.5. The van der Waals surface area contributed by atoms with Gasteiger partial charge in [0.1, 0.15) is 0 Å². The Morgan fingerprint density at radius 2 is 0.641 bits per heavy atom. The third-order valence-corrected chi connectivity index (χ3v) is 13.3. The van der Waals surface area contributed by atoms with Gasteiger partial charge < -0.3 is 4.90 Å². The molecule has 1 aliphatic rings. The topological polar surface area (TPSA) is 3.24 Å². The number of fused-ring (bicyclic) bond motifs is 6. The Morgan fingerprint density at radius 3 is 1.17 bits per heavy atom. The van der Waals surface area contributed by atoms with Crippen molar-refractivity contribution in [1.82, 2.24) is 0 Å². The Morgan fingerprint density at radius 1 is 0.250 bits per heavy atom. The number of benzene rings is 11. The van der Waals surface area contributed by atoms with E-state index in [0.29, 0.717) is 0 Å². The predicted octanol–water partition coefficient (Wildman–Crippen LogP) is 16.8. The Bertz CT molecular complexity index is 3410. The minimum atomic E-state index is -0.497. The van der Waals surface area contributed by atoms with E-state index in [1.54, 1.807) is 0 Å². The molecule has 0 spiro atoms. The molecule has 0 fully saturated rings. The lowest BCUT2D eigenvalue weighted by molar-refractivity contribution is 0.768. The van der Waals surface area contributed by atoms with E-state index in [-0.39, 0.29) is 0 Å². The number of anilines is 3. The quantitative estimate of drug-likeness (QED) is 0.138. The molecular formula is C63H43N. The van der Waals surface area contributed by atoms with E-state index in [1.807, 2.05) is 0 Å². The molecule has 300 valence electrons. The molecule has 0 heterocycles. The maximum atomic E-state index is 2.45. The molecule has 12 rings (SSSR count). The van der Waals surface area contributed by atoms with E-state index < -0.39 is 5.41 Å². The summed E-state index contributed by atoms with van der Waals surface area (Å²) in [6.07, 6.45) is 0. The molecule has 0 saturated carbocycles. The molecule has 0 saturated heterocycles. The summed E-state index contributed by atoms with van der Waals surface area (Å²) in [7, 11) is 0. The molecule has 11 aromatic rings. The maximum absolute atomic E-state index is 2.45. The summed E-state index contributed by atoms with van der Waals surface area (Å²) in [4.78, 5) is 2.42. The highest BCUT2D eigenvalue weighted by atomic mass is 15.1. The van der Waals surface area contributed by atoms with Gasteiger partial charge in [-0.3, -0.25) is 0 Å². The molecule has 0 aliphatic heterocycles. The molecule has 0 radical (unpaired) electrons. The molecule has 0 N–H and O–H groups in total. The molecule has 0 amide bonds. The lowest BCUT2D eigenvalue weighted by atomic mass is 9.67. The Hall–Kier alpha value is -8.26. The van der Waals surface area contributed by atoms with Gasteiger partial charge in [-0.15, -0.1) is 0 Å². The normalized spacial score (nSPS) is 12.5. The smallest absolute Gasteiger partial charge is 0.0714 e. The standard InChI is InChI=1S/C63H43N/c1-5-15-44(16-6-1)46-27-33-54(34-28-46)64(56-37-40-60-59-23-13-14-24-61(59)63(62(60)43-56,52-19-9-3-10-20-52)53-21-11-4-12-22-53)55-35-29-47(30-36-55)49-32-39-58-51(42-49)26-25-50-41-48(31-38-57(50)58)45-17-7-2-8-18-45/h1-43H. The van der Waals surface area contributed by atoms with Crippen molar-refractivity contribution in [2.24, 2.45) is 0 Å². The SMILES string of the molecule is c1ccc(-c2ccc(N(c3ccc(-c4ccc5c(ccc6cc(-c7ccccc7)ccc65)c4)cc3)c3ccc4c(c3)C(c3ccccc3)(c3ccccc3)c3ccccc3-4)cc2)cc1. The second-order valence-corrected chi connectivity index (χ2v) is 16.9. The summed E-state index contributed by atoms with van der Waals surface area (Å²) in [5.41, 5.74) is 17.7. The van der Waals surface area contributed by atoms with E-state index in [1.165, 1.54) is 88.3 Å². The number of rotatable bonds is 8. The lowest BCUT2D eigenvalue weighted by Crippen LogP contribution is -2.28. The van der Waals surface area contributed by atoms with Crippen LogP contribution in [0.1, 0.15) is 22.3 Å². The Kier molecular flexibility index (Phi) is 9.13. The molecule has 1 heteroatoms. The van der Waals surface area contributed by atoms with Gasteiger partial charge in [-0.2, -0.15) is 0 Å². The number of nitrogens with zero attached hydrogens (tertiary/aromatic N) is 1. The van der Waals surface area contributed by atoms with Crippen molar-refractivity contribution in [3.8, 4) is 44.5 Å². The van der Waals surface area contributed by atoms with Gasteiger partial charge in [0.25, 0.3) is 0 Å². The summed E-state index contributed by atoms with van der Waals surface area (Å²) < 4.78 is 0. The van der Waals surface area contributed by atoms with Crippen molar-refractivity contribution in [3.05, 3.63) is 283 Å². The minimum absolute atomic E-state index is 0.497. The Labute approximate surface area is 374 Å². The zero-order valence-electron chi connectivity index (χ0n) is 35.3. The van der Waals surface area contributed by atoms with Crippen LogP contribution >= 0.6 is 0 Å².